The number of aromatic nitrogens is 4. The van der Waals surface area contributed by atoms with Crippen LogP contribution in [0.15, 0.2) is 16.9 Å². The predicted molar refractivity (Wildman–Crippen MR) is 81.1 cm³/mol. The molecule has 0 bridgehead atoms. The van der Waals surface area contributed by atoms with Gasteiger partial charge in [-0.05, 0) is 18.9 Å². The number of alkyl halides is 3. The van der Waals surface area contributed by atoms with Crippen molar-refractivity contribution in [3.05, 3.63) is 34.0 Å². The van der Waals surface area contributed by atoms with Gasteiger partial charge >= 0.3 is 6.18 Å². The first-order chi connectivity index (χ1) is 11.4. The van der Waals surface area contributed by atoms with E-state index in [9.17, 15) is 18.0 Å². The second-order valence-corrected chi connectivity index (χ2v) is 6.95. The molecule has 2 aromatic rings. The topological polar surface area (TPSA) is 63.9 Å². The summed E-state index contributed by atoms with van der Waals surface area (Å²) in [5.41, 5.74) is -1.56. The van der Waals surface area contributed by atoms with Gasteiger partial charge in [0.25, 0.3) is 5.56 Å². The summed E-state index contributed by atoms with van der Waals surface area (Å²) in [6, 6.07) is 1.63. The van der Waals surface area contributed by atoms with Crippen LogP contribution in [0.3, 0.4) is 0 Å². The highest BCUT2D eigenvalue weighted by molar-refractivity contribution is 7.09. The van der Waals surface area contributed by atoms with Gasteiger partial charge in [-0.25, -0.2) is 9.67 Å². The zero-order chi connectivity index (χ0) is 16.9. The minimum Gasteiger partial charge on any atom is -0.346 e. The maximum atomic E-state index is 12.7. The first kappa shape index (κ1) is 15.6. The smallest absolute Gasteiger partial charge is 0.346 e. The maximum absolute atomic E-state index is 12.7. The van der Waals surface area contributed by atoms with Crippen LogP contribution in [0, 0.1) is 5.92 Å². The van der Waals surface area contributed by atoms with Crippen molar-refractivity contribution in [2.24, 2.45) is 5.92 Å². The van der Waals surface area contributed by atoms with Crippen LogP contribution in [0.25, 0.3) is 0 Å². The van der Waals surface area contributed by atoms with Crippen LogP contribution < -0.4 is 10.5 Å². The third-order valence-corrected chi connectivity index (χ3v) is 4.98. The van der Waals surface area contributed by atoms with E-state index in [4.69, 9.17) is 0 Å². The molecule has 128 valence electrons. The van der Waals surface area contributed by atoms with Crippen LogP contribution >= 0.6 is 11.5 Å². The number of anilines is 1. The lowest BCUT2D eigenvalue weighted by atomic mass is 10.0. The van der Waals surface area contributed by atoms with Crippen molar-refractivity contribution in [2.45, 2.75) is 31.5 Å². The molecule has 2 aromatic heterocycles. The normalized spacial score (nSPS) is 18.7. The van der Waals surface area contributed by atoms with E-state index in [1.54, 1.807) is 0 Å². The van der Waals surface area contributed by atoms with E-state index in [1.165, 1.54) is 11.5 Å². The minimum atomic E-state index is -4.55. The second kappa shape index (κ2) is 5.54. The molecule has 6 nitrogen and oxygen atoms in total. The molecule has 2 fully saturated rings. The lowest BCUT2D eigenvalue weighted by Gasteiger charge is -2.38. The third kappa shape index (κ3) is 3.02. The highest BCUT2D eigenvalue weighted by Crippen LogP contribution is 2.40. The number of halogens is 3. The fraction of sp³-hybridized carbons (Fsp3) is 0.571. The van der Waals surface area contributed by atoms with Crippen LogP contribution in [-0.2, 0) is 12.7 Å². The Morgan fingerprint density at radius 1 is 1.25 bits per heavy atom. The molecule has 10 heteroatoms. The molecule has 24 heavy (non-hydrogen) atoms. The molecule has 1 saturated carbocycles. The molecule has 4 rings (SSSR count). The summed E-state index contributed by atoms with van der Waals surface area (Å²) in [5, 5.41) is 4.28. The van der Waals surface area contributed by atoms with Crippen LogP contribution in [0.4, 0.5) is 18.3 Å². The van der Waals surface area contributed by atoms with Crippen LogP contribution in [-0.4, -0.2) is 32.2 Å². The Bertz CT molecular complexity index is 807. The van der Waals surface area contributed by atoms with Gasteiger partial charge in [0.1, 0.15) is 5.82 Å². The zero-order valence-electron chi connectivity index (χ0n) is 12.5. The van der Waals surface area contributed by atoms with E-state index in [2.05, 4.69) is 14.5 Å². The van der Waals surface area contributed by atoms with Crippen molar-refractivity contribution >= 4 is 16.7 Å². The molecule has 0 spiro atoms. The van der Waals surface area contributed by atoms with E-state index in [-0.39, 0.29) is 12.5 Å². The highest BCUT2D eigenvalue weighted by atomic mass is 32.1. The average molecular weight is 357 g/mol. The molecule has 1 aliphatic heterocycles. The van der Waals surface area contributed by atoms with Gasteiger partial charge in [0.15, 0.2) is 5.69 Å². The summed E-state index contributed by atoms with van der Waals surface area (Å²) in [5.74, 6) is 1.47. The lowest BCUT2D eigenvalue weighted by Crippen LogP contribution is -2.49. The standard InChI is InChI=1S/C14H14F3N5OS/c15-14(16,17)10-3-4-11(23)22(19-10)7-8-5-21(6-8)13-18-12(20-24-13)9-1-2-9/h3-4,8-9H,1-2,5-7H2. The average Bonchev–Trinajstić information content (AvgIpc) is 3.21. The fourth-order valence-electron chi connectivity index (χ4n) is 2.68. The summed E-state index contributed by atoms with van der Waals surface area (Å²) in [6.45, 7) is 1.46. The van der Waals surface area contributed by atoms with E-state index in [1.807, 2.05) is 4.90 Å². The Hall–Kier alpha value is -1.97. The van der Waals surface area contributed by atoms with Gasteiger partial charge in [0.05, 0.1) is 6.54 Å². The van der Waals surface area contributed by atoms with Crippen molar-refractivity contribution in [2.75, 3.05) is 18.0 Å². The third-order valence-electron chi connectivity index (χ3n) is 4.19. The number of hydrogen-bond acceptors (Lipinski definition) is 6. The molecular weight excluding hydrogens is 343 g/mol. The molecule has 0 aromatic carbocycles. The SMILES string of the molecule is O=c1ccc(C(F)(F)F)nn1CC1CN(c2nc(C3CC3)ns2)C1. The Labute approximate surface area is 139 Å². The molecule has 3 heterocycles. The molecule has 0 N–H and O–H groups in total. The molecule has 2 aliphatic rings. The maximum Gasteiger partial charge on any atom is 0.435 e. The molecule has 0 atom stereocenters. The monoisotopic (exact) mass is 357 g/mol. The van der Waals surface area contributed by atoms with Gasteiger partial charge in [0.2, 0.25) is 5.13 Å². The predicted octanol–water partition coefficient (Wildman–Crippen LogP) is 2.13. The van der Waals surface area contributed by atoms with Gasteiger partial charge in [-0.15, -0.1) is 0 Å². The number of nitrogens with zero attached hydrogens (tertiary/aromatic N) is 5. The molecule has 1 saturated heterocycles. The summed E-state index contributed by atoms with van der Waals surface area (Å²) in [6.07, 6.45) is -2.27. The Morgan fingerprint density at radius 3 is 2.67 bits per heavy atom. The van der Waals surface area contributed by atoms with Crippen LogP contribution in [0.2, 0.25) is 0 Å². The van der Waals surface area contributed by atoms with E-state index >= 15 is 0 Å². The van der Waals surface area contributed by atoms with Gasteiger partial charge in [-0.3, -0.25) is 4.79 Å². The van der Waals surface area contributed by atoms with Gasteiger partial charge in [-0.2, -0.15) is 22.6 Å². The Morgan fingerprint density at radius 2 is 2.00 bits per heavy atom. The van der Waals surface area contributed by atoms with Gasteiger partial charge < -0.3 is 4.90 Å². The van der Waals surface area contributed by atoms with Gasteiger partial charge in [0, 0.05) is 42.5 Å². The Balaban J connectivity index is 1.40. The molecule has 0 amide bonds. The zero-order valence-corrected chi connectivity index (χ0v) is 13.3. The lowest BCUT2D eigenvalue weighted by molar-refractivity contribution is -0.142. The summed E-state index contributed by atoms with van der Waals surface area (Å²) < 4.78 is 43.3. The highest BCUT2D eigenvalue weighted by Gasteiger charge is 2.35. The van der Waals surface area contributed by atoms with Crippen molar-refractivity contribution < 1.29 is 13.2 Å². The quantitative estimate of drug-likeness (QED) is 0.839. The second-order valence-electron chi connectivity index (χ2n) is 6.22. The minimum absolute atomic E-state index is 0.0759. The van der Waals surface area contributed by atoms with Crippen LogP contribution in [0.1, 0.15) is 30.3 Å². The van der Waals surface area contributed by atoms with Crippen molar-refractivity contribution in [1.29, 1.82) is 0 Å². The first-order valence-corrected chi connectivity index (χ1v) is 8.41. The molecule has 0 radical (unpaired) electrons. The van der Waals surface area contributed by atoms with E-state index < -0.39 is 17.4 Å². The summed E-state index contributed by atoms with van der Waals surface area (Å²) in [4.78, 5) is 18.2. The van der Waals surface area contributed by atoms with Crippen molar-refractivity contribution in [1.82, 2.24) is 19.1 Å². The summed E-state index contributed by atoms with van der Waals surface area (Å²) in [7, 11) is 0. The number of hydrogen-bond donors (Lipinski definition) is 0. The largest absolute Gasteiger partial charge is 0.435 e. The van der Waals surface area contributed by atoms with Crippen molar-refractivity contribution in [3.63, 3.8) is 0 Å². The van der Waals surface area contributed by atoms with Crippen LogP contribution in [0.5, 0.6) is 0 Å². The molecule has 1 aliphatic carbocycles. The Kier molecular flexibility index (Phi) is 3.59. The van der Waals surface area contributed by atoms with E-state index in [0.29, 0.717) is 25.1 Å². The molecule has 0 unspecified atom stereocenters. The summed E-state index contributed by atoms with van der Waals surface area (Å²) >= 11 is 1.35. The van der Waals surface area contributed by atoms with Crippen molar-refractivity contribution in [3.8, 4) is 0 Å². The fourth-order valence-corrected chi connectivity index (χ4v) is 3.44. The van der Waals surface area contributed by atoms with E-state index in [0.717, 1.165) is 34.5 Å². The molecular formula is C14H14F3N5OS. The number of rotatable bonds is 4. The first-order valence-electron chi connectivity index (χ1n) is 7.64. The van der Waals surface area contributed by atoms with Gasteiger partial charge in [-0.1, -0.05) is 0 Å².